The minimum Gasteiger partial charge on any atom is -0.394 e. The molecule has 2 saturated heterocycles. The van der Waals surface area contributed by atoms with E-state index in [1.165, 1.54) is 10.6 Å². The van der Waals surface area contributed by atoms with Crippen molar-refractivity contribution in [1.82, 2.24) is 9.96 Å². The zero-order valence-corrected chi connectivity index (χ0v) is 19.9. The summed E-state index contributed by atoms with van der Waals surface area (Å²) in [7, 11) is 0. The number of β-lactam (4-membered cyclic amide) rings is 1. The molecule has 1 atom stereocenters. The first-order valence-electron chi connectivity index (χ1n) is 12.0. The molecule has 1 spiro atoms. The number of hydroxylamine groups is 2. The van der Waals surface area contributed by atoms with Gasteiger partial charge >= 0.3 is 0 Å². The van der Waals surface area contributed by atoms with Crippen LogP contribution in [0.2, 0.25) is 0 Å². The molecule has 1 amide bonds. The summed E-state index contributed by atoms with van der Waals surface area (Å²) in [5, 5.41) is 19.3. The highest BCUT2D eigenvalue weighted by Gasteiger charge is 2.63. The van der Waals surface area contributed by atoms with Crippen LogP contribution in [0.5, 0.6) is 0 Å². The Bertz CT molecular complexity index is 1010. The minimum atomic E-state index is -0.442. The molecule has 0 saturated carbocycles. The molecular weight excluding hydrogens is 424 g/mol. The van der Waals surface area contributed by atoms with E-state index in [0.29, 0.717) is 25.9 Å². The van der Waals surface area contributed by atoms with Gasteiger partial charge in [0, 0.05) is 19.2 Å². The molecular formula is C29H34N2O3. The van der Waals surface area contributed by atoms with Crippen LogP contribution < -0.4 is 0 Å². The first-order chi connectivity index (χ1) is 16.4. The second kappa shape index (κ2) is 10.5. The third-order valence-corrected chi connectivity index (χ3v) is 6.72. The molecule has 3 aromatic carbocycles. The number of hydrogen-bond donors (Lipinski definition) is 2. The Hall–Kier alpha value is -2.99. The number of piperidine rings is 1. The fourth-order valence-electron chi connectivity index (χ4n) is 5.24. The molecule has 2 fully saturated rings. The molecule has 178 valence electrons. The maximum atomic E-state index is 13.8. The van der Waals surface area contributed by atoms with Crippen LogP contribution >= 0.6 is 0 Å². The smallest absolute Gasteiger partial charge is 0.232 e. The molecule has 5 heteroatoms. The molecule has 1 unspecified atom stereocenters. The minimum absolute atomic E-state index is 0.00897. The topological polar surface area (TPSA) is 64.0 Å². The largest absolute Gasteiger partial charge is 0.394 e. The van der Waals surface area contributed by atoms with E-state index in [2.05, 4.69) is 41.3 Å². The molecule has 0 aromatic heterocycles. The van der Waals surface area contributed by atoms with Gasteiger partial charge in [-0.05, 0) is 43.4 Å². The molecule has 2 heterocycles. The fraction of sp³-hybridized carbons (Fsp3) is 0.345. The molecule has 2 aliphatic heterocycles. The second-order valence-electron chi connectivity index (χ2n) is 9.45. The summed E-state index contributed by atoms with van der Waals surface area (Å²) in [5.41, 5.74) is 2.96. The lowest BCUT2D eigenvalue weighted by Gasteiger charge is -2.61. The zero-order valence-electron chi connectivity index (χ0n) is 19.9. The van der Waals surface area contributed by atoms with E-state index in [-0.39, 0.29) is 24.1 Å². The average molecular weight is 459 g/mol. The standard InChI is InChI=1S/C26H26N2O2.C3H8O/c29-25-26(16-18-27(30)19-17-26)24(22-14-8-3-9-15-22)28(25)23(20-10-4-1-5-11-20)21-12-6-2-7-13-21;1-3(2)4/h1-15,23-24,30H,16-19H2;3-4H,1-2H3. The molecule has 5 nitrogen and oxygen atoms in total. The molecule has 2 N–H and O–H groups in total. The van der Waals surface area contributed by atoms with E-state index in [9.17, 15) is 10.0 Å². The van der Waals surface area contributed by atoms with Gasteiger partial charge in [0.15, 0.2) is 0 Å². The molecule has 3 aromatic rings. The van der Waals surface area contributed by atoms with Crippen LogP contribution in [0.3, 0.4) is 0 Å². The number of rotatable bonds is 4. The zero-order chi connectivity index (χ0) is 24.1. The first-order valence-corrected chi connectivity index (χ1v) is 12.0. The monoisotopic (exact) mass is 458 g/mol. The number of nitrogens with zero attached hydrogens (tertiary/aromatic N) is 2. The van der Waals surface area contributed by atoms with Gasteiger partial charge in [-0.1, -0.05) is 91.0 Å². The third-order valence-electron chi connectivity index (χ3n) is 6.72. The molecule has 0 bridgehead atoms. The van der Waals surface area contributed by atoms with Crippen LogP contribution in [0.4, 0.5) is 0 Å². The van der Waals surface area contributed by atoms with E-state index < -0.39 is 5.41 Å². The van der Waals surface area contributed by atoms with E-state index >= 15 is 0 Å². The average Bonchev–Trinajstić information content (AvgIpc) is 2.86. The molecule has 2 aliphatic rings. The molecule has 0 aliphatic carbocycles. The number of amides is 1. The predicted molar refractivity (Wildman–Crippen MR) is 133 cm³/mol. The van der Waals surface area contributed by atoms with Gasteiger partial charge in [0.25, 0.3) is 0 Å². The lowest BCUT2D eigenvalue weighted by molar-refractivity contribution is -0.200. The fourth-order valence-corrected chi connectivity index (χ4v) is 5.24. The van der Waals surface area contributed by atoms with Gasteiger partial charge in [-0.2, -0.15) is 5.06 Å². The Labute approximate surface area is 202 Å². The number of aliphatic hydroxyl groups excluding tert-OH is 1. The number of hydrogen-bond acceptors (Lipinski definition) is 4. The third kappa shape index (κ3) is 4.78. The molecule has 34 heavy (non-hydrogen) atoms. The van der Waals surface area contributed by atoms with Gasteiger partial charge in [0.2, 0.25) is 5.91 Å². The summed E-state index contributed by atoms with van der Waals surface area (Å²) < 4.78 is 0. The lowest BCUT2D eigenvalue weighted by atomic mass is 9.61. The van der Waals surface area contributed by atoms with Crippen molar-refractivity contribution in [1.29, 1.82) is 0 Å². The van der Waals surface area contributed by atoms with Crippen molar-refractivity contribution in [3.05, 3.63) is 108 Å². The summed E-state index contributed by atoms with van der Waals surface area (Å²) >= 11 is 0. The summed E-state index contributed by atoms with van der Waals surface area (Å²) in [4.78, 5) is 15.9. The normalized spacial score (nSPS) is 19.6. The maximum Gasteiger partial charge on any atom is 0.232 e. The van der Waals surface area contributed by atoms with Crippen LogP contribution in [0.25, 0.3) is 0 Å². The first kappa shape index (κ1) is 24.1. The molecule has 5 rings (SSSR count). The number of likely N-dealkylation sites (tertiary alicyclic amines) is 1. The number of carbonyl (C=O) groups is 1. The number of carbonyl (C=O) groups excluding carboxylic acids is 1. The highest BCUT2D eigenvalue weighted by molar-refractivity contribution is 5.91. The van der Waals surface area contributed by atoms with E-state index in [4.69, 9.17) is 5.11 Å². The van der Waals surface area contributed by atoms with Gasteiger partial charge in [-0.3, -0.25) is 4.79 Å². The van der Waals surface area contributed by atoms with Crippen LogP contribution in [0.1, 0.15) is 55.5 Å². The summed E-state index contributed by atoms with van der Waals surface area (Å²) in [6.45, 7) is 4.51. The summed E-state index contributed by atoms with van der Waals surface area (Å²) in [6, 6.07) is 30.8. The summed E-state index contributed by atoms with van der Waals surface area (Å²) in [6.07, 6.45) is 1.18. The quantitative estimate of drug-likeness (QED) is 0.526. The van der Waals surface area contributed by atoms with Crippen LogP contribution in [0.15, 0.2) is 91.0 Å². The summed E-state index contributed by atoms with van der Waals surface area (Å²) in [5.74, 6) is 0.196. The van der Waals surface area contributed by atoms with Gasteiger partial charge in [0.05, 0.1) is 17.5 Å². The van der Waals surface area contributed by atoms with Crippen LogP contribution in [-0.2, 0) is 4.79 Å². The highest BCUT2D eigenvalue weighted by atomic mass is 16.5. The Morgan fingerprint density at radius 3 is 1.65 bits per heavy atom. The molecule has 0 radical (unpaired) electrons. The van der Waals surface area contributed by atoms with Crippen molar-refractivity contribution in [2.75, 3.05) is 13.1 Å². The highest BCUT2D eigenvalue weighted by Crippen LogP contribution is 2.59. The van der Waals surface area contributed by atoms with Crippen molar-refractivity contribution in [2.45, 2.75) is 44.9 Å². The van der Waals surface area contributed by atoms with Gasteiger partial charge in [-0.15, -0.1) is 0 Å². The van der Waals surface area contributed by atoms with Crippen molar-refractivity contribution in [3.63, 3.8) is 0 Å². The van der Waals surface area contributed by atoms with Gasteiger partial charge in [-0.25, -0.2) is 0 Å². The Kier molecular flexibility index (Phi) is 7.47. The van der Waals surface area contributed by atoms with Crippen LogP contribution in [-0.4, -0.2) is 45.4 Å². The Balaban J connectivity index is 0.000000636. The Morgan fingerprint density at radius 2 is 1.21 bits per heavy atom. The van der Waals surface area contributed by atoms with Crippen molar-refractivity contribution in [2.24, 2.45) is 5.41 Å². The number of aliphatic hydroxyl groups is 1. The van der Waals surface area contributed by atoms with Gasteiger partial charge < -0.3 is 15.2 Å². The Morgan fingerprint density at radius 1 is 0.794 bits per heavy atom. The van der Waals surface area contributed by atoms with E-state index in [0.717, 1.165) is 11.1 Å². The lowest BCUT2D eigenvalue weighted by Crippen LogP contribution is -2.66. The van der Waals surface area contributed by atoms with Crippen molar-refractivity contribution < 1.29 is 15.1 Å². The van der Waals surface area contributed by atoms with E-state index in [1.807, 2.05) is 54.6 Å². The number of benzene rings is 3. The second-order valence-corrected chi connectivity index (χ2v) is 9.45. The predicted octanol–water partition coefficient (Wildman–Crippen LogP) is 5.22. The van der Waals surface area contributed by atoms with Crippen molar-refractivity contribution in [3.8, 4) is 0 Å². The SMILES string of the molecule is CC(C)O.O=C1N(C(c2ccccc2)c2ccccc2)C(c2ccccc2)C12CCN(O)CC2. The van der Waals surface area contributed by atoms with Crippen molar-refractivity contribution >= 4 is 5.91 Å². The van der Waals surface area contributed by atoms with Crippen LogP contribution in [0, 0.1) is 5.41 Å². The van der Waals surface area contributed by atoms with Gasteiger partial charge in [0.1, 0.15) is 0 Å². The van der Waals surface area contributed by atoms with E-state index in [1.54, 1.807) is 13.8 Å². The maximum absolute atomic E-state index is 13.8.